The Morgan fingerprint density at radius 1 is 1.41 bits per heavy atom. The fourth-order valence-electron chi connectivity index (χ4n) is 1.58. The van der Waals surface area contributed by atoms with E-state index >= 15 is 0 Å². The van der Waals surface area contributed by atoms with E-state index in [1.54, 1.807) is 6.07 Å². The molecule has 0 aliphatic carbocycles. The molecule has 0 aliphatic heterocycles. The molecule has 96 valence electrons. The van der Waals surface area contributed by atoms with Gasteiger partial charge in [-0.3, -0.25) is 0 Å². The standard InChI is InChI=1S/C13H19FO3/c1-3-17-8-4-5-12(15)10-6-7-13(16-2)11(14)9-10/h6-7,9,12,15H,3-5,8H2,1-2H3. The molecule has 1 rings (SSSR count). The molecular formula is C13H19FO3. The molecule has 0 aliphatic rings. The van der Waals surface area contributed by atoms with Gasteiger partial charge in [-0.05, 0) is 37.5 Å². The molecule has 1 atom stereocenters. The molecule has 0 aromatic heterocycles. The zero-order chi connectivity index (χ0) is 12.7. The number of ether oxygens (including phenoxy) is 2. The Morgan fingerprint density at radius 3 is 2.76 bits per heavy atom. The summed E-state index contributed by atoms with van der Waals surface area (Å²) in [4.78, 5) is 0. The normalized spacial score (nSPS) is 12.5. The van der Waals surface area contributed by atoms with Gasteiger partial charge in [-0.25, -0.2) is 4.39 Å². The van der Waals surface area contributed by atoms with Crippen LogP contribution < -0.4 is 4.74 Å². The van der Waals surface area contributed by atoms with E-state index in [9.17, 15) is 9.50 Å². The first-order valence-electron chi connectivity index (χ1n) is 5.78. The van der Waals surface area contributed by atoms with Gasteiger partial charge in [-0.2, -0.15) is 0 Å². The van der Waals surface area contributed by atoms with Gasteiger partial charge in [0.1, 0.15) is 0 Å². The summed E-state index contributed by atoms with van der Waals surface area (Å²) >= 11 is 0. The summed E-state index contributed by atoms with van der Waals surface area (Å²) < 4.78 is 23.4. The summed E-state index contributed by atoms with van der Waals surface area (Å²) in [5.41, 5.74) is 0.569. The van der Waals surface area contributed by atoms with Crippen LogP contribution in [0.2, 0.25) is 0 Å². The molecule has 1 aromatic rings. The summed E-state index contributed by atoms with van der Waals surface area (Å²) in [6.07, 6.45) is 0.657. The maximum atomic E-state index is 13.4. The summed E-state index contributed by atoms with van der Waals surface area (Å²) in [5.74, 6) is -0.260. The van der Waals surface area contributed by atoms with Gasteiger partial charge in [0, 0.05) is 13.2 Å². The SMILES string of the molecule is CCOCCCC(O)c1ccc(OC)c(F)c1. The van der Waals surface area contributed by atoms with E-state index in [2.05, 4.69) is 0 Å². The summed E-state index contributed by atoms with van der Waals surface area (Å²) in [6.45, 7) is 3.22. The molecule has 1 unspecified atom stereocenters. The highest BCUT2D eigenvalue weighted by Gasteiger charge is 2.10. The molecule has 0 spiro atoms. The zero-order valence-corrected chi connectivity index (χ0v) is 10.3. The monoisotopic (exact) mass is 242 g/mol. The number of hydrogen-bond acceptors (Lipinski definition) is 3. The molecular weight excluding hydrogens is 223 g/mol. The molecule has 0 saturated carbocycles. The molecule has 1 N–H and O–H groups in total. The van der Waals surface area contributed by atoms with Gasteiger partial charge in [0.15, 0.2) is 11.6 Å². The van der Waals surface area contributed by atoms with Crippen LogP contribution in [0.3, 0.4) is 0 Å². The van der Waals surface area contributed by atoms with Crippen LogP contribution in [-0.4, -0.2) is 25.4 Å². The van der Waals surface area contributed by atoms with Crippen LogP contribution in [0.4, 0.5) is 4.39 Å². The van der Waals surface area contributed by atoms with Crippen molar-refractivity contribution in [3.63, 3.8) is 0 Å². The average Bonchev–Trinajstić information content (AvgIpc) is 2.34. The summed E-state index contributed by atoms with van der Waals surface area (Å²) in [5, 5.41) is 9.84. The smallest absolute Gasteiger partial charge is 0.165 e. The lowest BCUT2D eigenvalue weighted by Crippen LogP contribution is -2.02. The van der Waals surface area contributed by atoms with Crippen LogP contribution in [0.5, 0.6) is 5.75 Å². The first-order chi connectivity index (χ1) is 8.19. The highest BCUT2D eigenvalue weighted by atomic mass is 19.1. The zero-order valence-electron chi connectivity index (χ0n) is 10.3. The number of aliphatic hydroxyl groups is 1. The largest absolute Gasteiger partial charge is 0.494 e. The molecule has 0 bridgehead atoms. The first kappa shape index (κ1) is 13.9. The van der Waals surface area contributed by atoms with E-state index in [-0.39, 0.29) is 5.75 Å². The van der Waals surface area contributed by atoms with Crippen LogP contribution in [0.15, 0.2) is 18.2 Å². The van der Waals surface area contributed by atoms with Crippen LogP contribution >= 0.6 is 0 Å². The van der Waals surface area contributed by atoms with Gasteiger partial charge in [-0.15, -0.1) is 0 Å². The van der Waals surface area contributed by atoms with Crippen molar-refractivity contribution in [2.24, 2.45) is 0 Å². The lowest BCUT2D eigenvalue weighted by molar-refractivity contribution is 0.114. The van der Waals surface area contributed by atoms with Gasteiger partial charge in [-0.1, -0.05) is 6.07 Å². The van der Waals surface area contributed by atoms with Crippen LogP contribution in [0.25, 0.3) is 0 Å². The first-order valence-corrected chi connectivity index (χ1v) is 5.78. The summed E-state index contributed by atoms with van der Waals surface area (Å²) in [7, 11) is 1.41. The molecule has 0 heterocycles. The van der Waals surface area contributed by atoms with Gasteiger partial charge >= 0.3 is 0 Å². The second-order valence-electron chi connectivity index (χ2n) is 3.75. The number of rotatable bonds is 7. The molecule has 17 heavy (non-hydrogen) atoms. The quantitative estimate of drug-likeness (QED) is 0.747. The van der Waals surface area contributed by atoms with Crippen molar-refractivity contribution in [1.29, 1.82) is 0 Å². The van der Waals surface area contributed by atoms with Gasteiger partial charge in [0.25, 0.3) is 0 Å². The fraction of sp³-hybridized carbons (Fsp3) is 0.538. The third kappa shape index (κ3) is 4.32. The van der Waals surface area contributed by atoms with Crippen molar-refractivity contribution in [2.75, 3.05) is 20.3 Å². The topological polar surface area (TPSA) is 38.7 Å². The highest BCUT2D eigenvalue weighted by molar-refractivity contribution is 5.30. The maximum Gasteiger partial charge on any atom is 0.165 e. The Kier molecular flexibility index (Phi) is 5.94. The number of aliphatic hydroxyl groups excluding tert-OH is 1. The highest BCUT2D eigenvalue weighted by Crippen LogP contribution is 2.24. The van der Waals surface area contributed by atoms with E-state index in [1.807, 2.05) is 6.92 Å². The van der Waals surface area contributed by atoms with Crippen molar-refractivity contribution >= 4 is 0 Å². The molecule has 0 radical (unpaired) electrons. The average molecular weight is 242 g/mol. The molecule has 0 saturated heterocycles. The second-order valence-corrected chi connectivity index (χ2v) is 3.75. The van der Waals surface area contributed by atoms with Crippen molar-refractivity contribution in [3.05, 3.63) is 29.6 Å². The Labute approximate surface area is 101 Å². The van der Waals surface area contributed by atoms with E-state index in [1.165, 1.54) is 19.2 Å². The van der Waals surface area contributed by atoms with Gasteiger partial charge in [0.2, 0.25) is 0 Å². The predicted octanol–water partition coefficient (Wildman–Crippen LogP) is 2.68. The van der Waals surface area contributed by atoms with E-state index < -0.39 is 11.9 Å². The van der Waals surface area contributed by atoms with Gasteiger partial charge in [0.05, 0.1) is 13.2 Å². The molecule has 3 nitrogen and oxygen atoms in total. The van der Waals surface area contributed by atoms with Gasteiger partial charge < -0.3 is 14.6 Å². The number of hydrogen-bond donors (Lipinski definition) is 1. The minimum atomic E-state index is -0.657. The minimum Gasteiger partial charge on any atom is -0.494 e. The van der Waals surface area contributed by atoms with Crippen LogP contribution in [0.1, 0.15) is 31.4 Å². The fourth-order valence-corrected chi connectivity index (χ4v) is 1.58. The third-order valence-electron chi connectivity index (χ3n) is 2.53. The number of methoxy groups -OCH3 is 1. The van der Waals surface area contributed by atoms with Crippen molar-refractivity contribution in [1.82, 2.24) is 0 Å². The minimum absolute atomic E-state index is 0.190. The molecule has 1 aromatic carbocycles. The van der Waals surface area contributed by atoms with E-state index in [0.717, 1.165) is 6.42 Å². The van der Waals surface area contributed by atoms with Crippen molar-refractivity contribution < 1.29 is 19.0 Å². The summed E-state index contributed by atoms with van der Waals surface area (Å²) in [6, 6.07) is 4.51. The number of benzene rings is 1. The van der Waals surface area contributed by atoms with Crippen LogP contribution in [-0.2, 0) is 4.74 Å². The Morgan fingerprint density at radius 2 is 2.18 bits per heavy atom. The molecule has 0 fully saturated rings. The predicted molar refractivity (Wildman–Crippen MR) is 63.6 cm³/mol. The van der Waals surface area contributed by atoms with Crippen molar-refractivity contribution in [3.8, 4) is 5.75 Å². The van der Waals surface area contributed by atoms with E-state index in [4.69, 9.17) is 9.47 Å². The third-order valence-corrected chi connectivity index (χ3v) is 2.53. The lowest BCUT2D eigenvalue weighted by atomic mass is 10.0. The van der Waals surface area contributed by atoms with Crippen molar-refractivity contribution in [2.45, 2.75) is 25.9 Å². The maximum absolute atomic E-state index is 13.4. The van der Waals surface area contributed by atoms with Crippen LogP contribution in [0, 0.1) is 5.82 Å². The second kappa shape index (κ2) is 7.25. The molecule has 4 heteroatoms. The van der Waals surface area contributed by atoms with E-state index in [0.29, 0.717) is 25.2 Å². The Bertz CT molecular complexity index is 341. The lowest BCUT2D eigenvalue weighted by Gasteiger charge is -2.12. The Balaban J connectivity index is 2.51. The molecule has 0 amide bonds. The number of halogens is 1. The Hall–Kier alpha value is -1.13.